The van der Waals surface area contributed by atoms with Crippen molar-refractivity contribution in [2.45, 2.75) is 38.1 Å². The molecule has 3 rings (SSSR count). The van der Waals surface area contributed by atoms with Crippen molar-refractivity contribution in [3.05, 3.63) is 35.9 Å². The van der Waals surface area contributed by atoms with E-state index < -0.39 is 0 Å². The fourth-order valence-electron chi connectivity index (χ4n) is 3.94. The van der Waals surface area contributed by atoms with Crippen LogP contribution >= 0.6 is 11.8 Å². The average Bonchev–Trinajstić information content (AvgIpc) is 3.33. The predicted octanol–water partition coefficient (Wildman–Crippen LogP) is 2.28. The highest BCUT2D eigenvalue weighted by molar-refractivity contribution is 7.99. The van der Waals surface area contributed by atoms with E-state index in [0.29, 0.717) is 37.7 Å². The summed E-state index contributed by atoms with van der Waals surface area (Å²) >= 11 is 1.68. The molecule has 1 aromatic rings. The lowest BCUT2D eigenvalue weighted by Gasteiger charge is -2.27. The van der Waals surface area contributed by atoms with E-state index in [4.69, 9.17) is 5.73 Å². The Labute approximate surface area is 160 Å². The summed E-state index contributed by atoms with van der Waals surface area (Å²) in [4.78, 5) is 29.3. The minimum Gasteiger partial charge on any atom is -0.340 e. The topological polar surface area (TPSA) is 66.6 Å². The molecule has 142 valence electrons. The molecule has 0 radical (unpaired) electrons. The van der Waals surface area contributed by atoms with E-state index in [-0.39, 0.29) is 29.7 Å². The maximum atomic E-state index is 13.2. The van der Waals surface area contributed by atoms with Gasteiger partial charge < -0.3 is 15.5 Å². The van der Waals surface area contributed by atoms with Crippen LogP contribution in [0.1, 0.15) is 37.7 Å². The molecule has 1 unspecified atom stereocenters. The maximum absolute atomic E-state index is 13.2. The van der Waals surface area contributed by atoms with Crippen LogP contribution in [0.15, 0.2) is 30.3 Å². The van der Waals surface area contributed by atoms with Crippen molar-refractivity contribution in [3.63, 3.8) is 0 Å². The van der Waals surface area contributed by atoms with E-state index in [1.54, 1.807) is 16.7 Å². The van der Waals surface area contributed by atoms with E-state index in [0.717, 1.165) is 12.8 Å². The molecule has 2 amide bonds. The number of nitrogens with two attached hydrogens (primary N) is 1. The van der Waals surface area contributed by atoms with Crippen molar-refractivity contribution in [1.82, 2.24) is 9.80 Å². The van der Waals surface area contributed by atoms with Crippen LogP contribution in [0, 0.1) is 5.92 Å². The zero-order valence-electron chi connectivity index (χ0n) is 15.5. The number of likely N-dealkylation sites (tertiary alicyclic amines) is 1. The van der Waals surface area contributed by atoms with Crippen LogP contribution in [-0.2, 0) is 9.59 Å². The van der Waals surface area contributed by atoms with E-state index in [1.807, 2.05) is 23.1 Å². The summed E-state index contributed by atoms with van der Waals surface area (Å²) in [5.74, 6) is 2.11. The van der Waals surface area contributed by atoms with Gasteiger partial charge in [-0.05, 0) is 24.4 Å². The van der Waals surface area contributed by atoms with Crippen molar-refractivity contribution < 1.29 is 9.59 Å². The first-order chi connectivity index (χ1) is 12.7. The summed E-state index contributed by atoms with van der Waals surface area (Å²) < 4.78 is 0. The first kappa shape index (κ1) is 19.2. The van der Waals surface area contributed by atoms with Gasteiger partial charge in [-0.3, -0.25) is 9.59 Å². The first-order valence-corrected chi connectivity index (χ1v) is 10.7. The Kier molecular flexibility index (Phi) is 6.59. The Balaban J connectivity index is 1.68. The van der Waals surface area contributed by atoms with E-state index in [2.05, 4.69) is 19.1 Å². The summed E-state index contributed by atoms with van der Waals surface area (Å²) in [6.45, 7) is 4.04. The van der Waals surface area contributed by atoms with E-state index in [1.165, 1.54) is 5.56 Å². The summed E-state index contributed by atoms with van der Waals surface area (Å²) in [6, 6.07) is 10.0. The van der Waals surface area contributed by atoms with Gasteiger partial charge in [0.2, 0.25) is 11.8 Å². The van der Waals surface area contributed by atoms with Crippen molar-refractivity contribution in [3.8, 4) is 0 Å². The van der Waals surface area contributed by atoms with Gasteiger partial charge in [0, 0.05) is 31.2 Å². The number of amides is 2. The van der Waals surface area contributed by atoms with E-state index >= 15 is 0 Å². The van der Waals surface area contributed by atoms with Crippen molar-refractivity contribution in [1.29, 1.82) is 0 Å². The van der Waals surface area contributed by atoms with Gasteiger partial charge in [0.15, 0.2) is 0 Å². The van der Waals surface area contributed by atoms with Crippen LogP contribution in [-0.4, -0.2) is 58.9 Å². The Morgan fingerprint density at radius 2 is 2.00 bits per heavy atom. The summed E-state index contributed by atoms with van der Waals surface area (Å²) in [5, 5.41) is 0. The standard InChI is InChI=1S/C20H29N3O2S/c1-2-3-9-19(24)23-14-26-13-18(23)20(25)22-11-16(10-21)17(12-22)15-7-5-4-6-8-15/h4-8,16-18H,2-3,9-14,21H2,1H3/t16-,17+,18?/m1/s1. The summed E-state index contributed by atoms with van der Waals surface area (Å²) in [7, 11) is 0. The molecule has 2 aliphatic heterocycles. The Morgan fingerprint density at radius 1 is 1.23 bits per heavy atom. The minimum absolute atomic E-state index is 0.0942. The number of carbonyl (C=O) groups is 2. The smallest absolute Gasteiger partial charge is 0.246 e. The molecular formula is C20H29N3O2S. The molecule has 5 nitrogen and oxygen atoms in total. The van der Waals surface area contributed by atoms with Gasteiger partial charge in [0.25, 0.3) is 0 Å². The molecule has 2 aliphatic rings. The fourth-order valence-corrected chi connectivity index (χ4v) is 5.12. The van der Waals surface area contributed by atoms with Gasteiger partial charge in [-0.25, -0.2) is 0 Å². The molecule has 0 aromatic heterocycles. The molecule has 2 fully saturated rings. The molecule has 2 saturated heterocycles. The van der Waals surface area contributed by atoms with Crippen LogP contribution in [0.4, 0.5) is 0 Å². The predicted molar refractivity (Wildman–Crippen MR) is 106 cm³/mol. The fraction of sp³-hybridized carbons (Fsp3) is 0.600. The summed E-state index contributed by atoms with van der Waals surface area (Å²) in [6.07, 6.45) is 2.42. The van der Waals surface area contributed by atoms with Gasteiger partial charge >= 0.3 is 0 Å². The second kappa shape index (κ2) is 8.91. The van der Waals surface area contributed by atoms with E-state index in [9.17, 15) is 9.59 Å². The zero-order chi connectivity index (χ0) is 18.5. The van der Waals surface area contributed by atoms with Gasteiger partial charge in [-0.2, -0.15) is 0 Å². The number of carbonyl (C=O) groups excluding carboxylic acids is 2. The van der Waals surface area contributed by atoms with Gasteiger partial charge in [0.05, 0.1) is 5.88 Å². The molecule has 2 N–H and O–H groups in total. The van der Waals surface area contributed by atoms with Crippen LogP contribution in [0.25, 0.3) is 0 Å². The molecule has 26 heavy (non-hydrogen) atoms. The second-order valence-electron chi connectivity index (χ2n) is 7.24. The van der Waals surface area contributed by atoms with Gasteiger partial charge in [-0.15, -0.1) is 11.8 Å². The van der Waals surface area contributed by atoms with Crippen LogP contribution in [0.2, 0.25) is 0 Å². The number of hydrogen-bond donors (Lipinski definition) is 1. The minimum atomic E-state index is -0.308. The van der Waals surface area contributed by atoms with Crippen LogP contribution in [0.3, 0.4) is 0 Å². The lowest BCUT2D eigenvalue weighted by molar-refractivity contribution is -0.142. The largest absolute Gasteiger partial charge is 0.340 e. The normalized spacial score (nSPS) is 25.7. The average molecular weight is 376 g/mol. The SMILES string of the molecule is CCCCC(=O)N1CSCC1C(=O)N1C[C@@H](CN)[C@H](c2ccccc2)C1. The molecule has 0 bridgehead atoms. The Bertz CT molecular complexity index is 625. The van der Waals surface area contributed by atoms with Crippen LogP contribution in [0.5, 0.6) is 0 Å². The summed E-state index contributed by atoms with van der Waals surface area (Å²) in [5.41, 5.74) is 7.25. The lowest BCUT2D eigenvalue weighted by Crippen LogP contribution is -2.48. The third kappa shape index (κ3) is 4.07. The molecule has 3 atom stereocenters. The lowest BCUT2D eigenvalue weighted by atomic mass is 9.89. The number of rotatable bonds is 6. The number of hydrogen-bond acceptors (Lipinski definition) is 4. The first-order valence-electron chi connectivity index (χ1n) is 9.56. The molecule has 1 aromatic carbocycles. The Morgan fingerprint density at radius 3 is 2.69 bits per heavy atom. The Hall–Kier alpha value is -1.53. The highest BCUT2D eigenvalue weighted by Crippen LogP contribution is 2.34. The second-order valence-corrected chi connectivity index (χ2v) is 8.24. The molecule has 2 heterocycles. The molecule has 0 saturated carbocycles. The van der Waals surface area contributed by atoms with Crippen molar-refractivity contribution in [2.75, 3.05) is 31.3 Å². The van der Waals surface area contributed by atoms with Crippen LogP contribution < -0.4 is 5.73 Å². The molecule has 0 spiro atoms. The monoisotopic (exact) mass is 375 g/mol. The molecular weight excluding hydrogens is 346 g/mol. The van der Waals surface area contributed by atoms with Crippen molar-refractivity contribution >= 4 is 23.6 Å². The quantitative estimate of drug-likeness (QED) is 0.828. The number of nitrogens with zero attached hydrogens (tertiary/aromatic N) is 2. The third-order valence-corrected chi connectivity index (χ3v) is 6.53. The van der Waals surface area contributed by atoms with Gasteiger partial charge in [-0.1, -0.05) is 43.7 Å². The van der Waals surface area contributed by atoms with Gasteiger partial charge in [0.1, 0.15) is 6.04 Å². The van der Waals surface area contributed by atoms with Crippen molar-refractivity contribution in [2.24, 2.45) is 11.7 Å². The molecule has 6 heteroatoms. The number of benzene rings is 1. The highest BCUT2D eigenvalue weighted by Gasteiger charge is 2.41. The maximum Gasteiger partial charge on any atom is 0.246 e. The zero-order valence-corrected chi connectivity index (χ0v) is 16.3. The third-order valence-electron chi connectivity index (χ3n) is 5.52. The number of thioether (sulfide) groups is 1. The molecule has 0 aliphatic carbocycles. The highest BCUT2D eigenvalue weighted by atomic mass is 32.2. The number of unbranched alkanes of at least 4 members (excludes halogenated alkanes) is 1.